The largest absolute Gasteiger partial charge is 0.366 e. The summed E-state index contributed by atoms with van der Waals surface area (Å²) < 4.78 is 0. The third-order valence-corrected chi connectivity index (χ3v) is 2.99. The summed E-state index contributed by atoms with van der Waals surface area (Å²) in [5, 5.41) is 0. The second-order valence-electron chi connectivity index (χ2n) is 5.07. The van der Waals surface area contributed by atoms with Gasteiger partial charge in [0.25, 0.3) is 0 Å². The van der Waals surface area contributed by atoms with E-state index in [1.807, 2.05) is 12.1 Å². The van der Waals surface area contributed by atoms with Crippen molar-refractivity contribution < 1.29 is 4.79 Å². The van der Waals surface area contributed by atoms with Gasteiger partial charge in [-0.05, 0) is 29.0 Å². The quantitative estimate of drug-likeness (QED) is 0.792. The molecule has 0 radical (unpaired) electrons. The molecule has 0 aliphatic carbocycles. The first-order chi connectivity index (χ1) is 6.82. The summed E-state index contributed by atoms with van der Waals surface area (Å²) in [4.78, 5) is 10.9. The van der Waals surface area contributed by atoms with Gasteiger partial charge < -0.3 is 5.73 Å². The summed E-state index contributed by atoms with van der Waals surface area (Å²) >= 11 is 0. The Kier molecular flexibility index (Phi) is 3.18. The number of amides is 1. The zero-order valence-corrected chi connectivity index (χ0v) is 9.87. The maximum absolute atomic E-state index is 10.9. The Morgan fingerprint density at radius 2 is 1.67 bits per heavy atom. The van der Waals surface area contributed by atoms with Crippen molar-refractivity contribution in [3.63, 3.8) is 0 Å². The summed E-state index contributed by atoms with van der Waals surface area (Å²) in [6, 6.07) is 7.55. The number of carbonyl (C=O) groups excluding carboxylic acids is 1. The molecule has 1 unspecified atom stereocenters. The zero-order chi connectivity index (χ0) is 11.6. The van der Waals surface area contributed by atoms with Crippen LogP contribution in [0.3, 0.4) is 0 Å². The van der Waals surface area contributed by atoms with Crippen LogP contribution in [0.5, 0.6) is 0 Å². The van der Waals surface area contributed by atoms with Gasteiger partial charge >= 0.3 is 0 Å². The molecule has 1 atom stereocenters. The molecule has 0 aromatic heterocycles. The lowest BCUT2D eigenvalue weighted by atomic mass is 9.78. The molecular formula is C13H19NO. The molecule has 1 amide bonds. The first kappa shape index (κ1) is 11.8. The van der Waals surface area contributed by atoms with Crippen molar-refractivity contribution in [1.82, 2.24) is 0 Å². The van der Waals surface area contributed by atoms with Crippen molar-refractivity contribution in [2.45, 2.75) is 33.6 Å². The van der Waals surface area contributed by atoms with E-state index in [9.17, 15) is 4.79 Å². The number of hydrogen-bond donors (Lipinski definition) is 1. The second kappa shape index (κ2) is 4.05. The van der Waals surface area contributed by atoms with Crippen molar-refractivity contribution in [1.29, 1.82) is 0 Å². The van der Waals surface area contributed by atoms with Gasteiger partial charge in [0.15, 0.2) is 0 Å². The Morgan fingerprint density at radius 1 is 1.20 bits per heavy atom. The molecular weight excluding hydrogens is 186 g/mol. The number of primary amides is 1. The molecule has 0 aliphatic heterocycles. The van der Waals surface area contributed by atoms with E-state index < -0.39 is 0 Å². The molecule has 15 heavy (non-hydrogen) atoms. The molecule has 2 N–H and O–H groups in total. The van der Waals surface area contributed by atoms with Gasteiger partial charge in [-0.3, -0.25) is 4.79 Å². The van der Waals surface area contributed by atoms with Crippen LogP contribution >= 0.6 is 0 Å². The van der Waals surface area contributed by atoms with E-state index in [4.69, 9.17) is 5.73 Å². The second-order valence-corrected chi connectivity index (χ2v) is 5.07. The molecule has 0 aliphatic rings. The minimum Gasteiger partial charge on any atom is -0.366 e. The van der Waals surface area contributed by atoms with Crippen LogP contribution in [0, 0.1) is 5.41 Å². The predicted molar refractivity (Wildman–Crippen MR) is 62.8 cm³/mol. The molecule has 0 bridgehead atoms. The topological polar surface area (TPSA) is 43.1 Å². The van der Waals surface area contributed by atoms with Crippen LogP contribution in [0.1, 0.15) is 49.5 Å². The van der Waals surface area contributed by atoms with Crippen molar-refractivity contribution in [2.24, 2.45) is 11.1 Å². The predicted octanol–water partition coefficient (Wildman–Crippen LogP) is 2.94. The fraction of sp³-hybridized carbons (Fsp3) is 0.462. The monoisotopic (exact) mass is 205 g/mol. The SMILES string of the molecule is CC(c1ccc(C(N)=O)cc1)C(C)(C)C. The highest BCUT2D eigenvalue weighted by Crippen LogP contribution is 2.34. The standard InChI is InChI=1S/C13H19NO/c1-9(13(2,3)4)10-5-7-11(8-6-10)12(14)15/h5-9H,1-4H3,(H2,14,15). The molecule has 82 valence electrons. The van der Waals surface area contributed by atoms with E-state index in [0.29, 0.717) is 11.5 Å². The van der Waals surface area contributed by atoms with Crippen LogP contribution < -0.4 is 5.73 Å². The average molecular weight is 205 g/mol. The van der Waals surface area contributed by atoms with Crippen LogP contribution in [0.4, 0.5) is 0 Å². The van der Waals surface area contributed by atoms with E-state index in [2.05, 4.69) is 27.7 Å². The van der Waals surface area contributed by atoms with Gasteiger partial charge in [0, 0.05) is 5.56 Å². The lowest BCUT2D eigenvalue weighted by molar-refractivity contribution is 0.100. The Morgan fingerprint density at radius 3 is 2.00 bits per heavy atom. The van der Waals surface area contributed by atoms with Gasteiger partial charge in [-0.15, -0.1) is 0 Å². The van der Waals surface area contributed by atoms with E-state index in [1.165, 1.54) is 5.56 Å². The molecule has 0 spiro atoms. The van der Waals surface area contributed by atoms with E-state index in [1.54, 1.807) is 12.1 Å². The maximum Gasteiger partial charge on any atom is 0.248 e. The highest BCUT2D eigenvalue weighted by Gasteiger charge is 2.21. The minimum atomic E-state index is -0.370. The number of hydrogen-bond acceptors (Lipinski definition) is 1. The van der Waals surface area contributed by atoms with Crippen molar-refractivity contribution in [3.05, 3.63) is 35.4 Å². The highest BCUT2D eigenvalue weighted by molar-refractivity contribution is 5.92. The fourth-order valence-corrected chi connectivity index (χ4v) is 1.44. The normalized spacial score (nSPS) is 13.6. The molecule has 1 aromatic carbocycles. The van der Waals surface area contributed by atoms with Crippen molar-refractivity contribution in [3.8, 4) is 0 Å². The Bertz CT molecular complexity index is 346. The first-order valence-electron chi connectivity index (χ1n) is 5.22. The van der Waals surface area contributed by atoms with Gasteiger partial charge in [-0.25, -0.2) is 0 Å². The highest BCUT2D eigenvalue weighted by atomic mass is 16.1. The van der Waals surface area contributed by atoms with Gasteiger partial charge in [0.2, 0.25) is 5.91 Å². The zero-order valence-electron chi connectivity index (χ0n) is 9.87. The molecule has 0 saturated carbocycles. The smallest absolute Gasteiger partial charge is 0.248 e. The third-order valence-electron chi connectivity index (χ3n) is 2.99. The Balaban J connectivity index is 2.94. The summed E-state index contributed by atoms with van der Waals surface area (Å²) in [6.45, 7) is 8.82. The van der Waals surface area contributed by atoms with Crippen LogP contribution in [0.2, 0.25) is 0 Å². The lowest BCUT2D eigenvalue weighted by Crippen LogP contribution is -2.16. The van der Waals surface area contributed by atoms with Crippen LogP contribution in [-0.4, -0.2) is 5.91 Å². The van der Waals surface area contributed by atoms with Crippen LogP contribution in [0.15, 0.2) is 24.3 Å². The van der Waals surface area contributed by atoms with Crippen molar-refractivity contribution in [2.75, 3.05) is 0 Å². The molecule has 1 aromatic rings. The molecule has 0 saturated heterocycles. The number of carbonyl (C=O) groups is 1. The maximum atomic E-state index is 10.9. The minimum absolute atomic E-state index is 0.230. The Labute approximate surface area is 91.5 Å². The van der Waals surface area contributed by atoms with Gasteiger partial charge in [0.1, 0.15) is 0 Å². The molecule has 1 rings (SSSR count). The molecule has 2 heteroatoms. The molecule has 0 heterocycles. The van der Waals surface area contributed by atoms with Gasteiger partial charge in [-0.1, -0.05) is 39.8 Å². The van der Waals surface area contributed by atoms with E-state index in [0.717, 1.165) is 0 Å². The summed E-state index contributed by atoms with van der Waals surface area (Å²) in [7, 11) is 0. The van der Waals surface area contributed by atoms with E-state index >= 15 is 0 Å². The average Bonchev–Trinajstić information content (AvgIpc) is 2.15. The molecule has 2 nitrogen and oxygen atoms in total. The Hall–Kier alpha value is -1.31. The van der Waals surface area contributed by atoms with Gasteiger partial charge in [-0.2, -0.15) is 0 Å². The van der Waals surface area contributed by atoms with Crippen LogP contribution in [-0.2, 0) is 0 Å². The third kappa shape index (κ3) is 2.82. The fourth-order valence-electron chi connectivity index (χ4n) is 1.44. The van der Waals surface area contributed by atoms with Gasteiger partial charge in [0.05, 0.1) is 0 Å². The number of rotatable bonds is 2. The summed E-state index contributed by atoms with van der Waals surface area (Å²) in [5.74, 6) is 0.0874. The number of benzene rings is 1. The van der Waals surface area contributed by atoms with E-state index in [-0.39, 0.29) is 11.3 Å². The lowest BCUT2D eigenvalue weighted by Gasteiger charge is -2.27. The molecule has 0 fully saturated rings. The summed E-state index contributed by atoms with van der Waals surface area (Å²) in [5.41, 5.74) is 7.23. The number of nitrogens with two attached hydrogens (primary N) is 1. The summed E-state index contributed by atoms with van der Waals surface area (Å²) in [6.07, 6.45) is 0. The van der Waals surface area contributed by atoms with Crippen molar-refractivity contribution >= 4 is 5.91 Å². The first-order valence-corrected chi connectivity index (χ1v) is 5.22. The van der Waals surface area contributed by atoms with Crippen LogP contribution in [0.25, 0.3) is 0 Å².